The summed E-state index contributed by atoms with van der Waals surface area (Å²) in [5, 5.41) is 5.53. The van der Waals surface area contributed by atoms with E-state index < -0.39 is 0 Å². The van der Waals surface area contributed by atoms with Crippen LogP contribution in [0.3, 0.4) is 0 Å². The van der Waals surface area contributed by atoms with E-state index >= 15 is 0 Å². The third kappa shape index (κ3) is 3.04. The molecule has 2 N–H and O–H groups in total. The van der Waals surface area contributed by atoms with Crippen molar-refractivity contribution in [1.29, 1.82) is 0 Å². The van der Waals surface area contributed by atoms with Crippen LogP contribution in [0.1, 0.15) is 18.4 Å². The second-order valence-corrected chi connectivity index (χ2v) is 5.04. The molecule has 5 heteroatoms. The van der Waals surface area contributed by atoms with E-state index in [1.165, 1.54) is 0 Å². The van der Waals surface area contributed by atoms with Gasteiger partial charge in [0.2, 0.25) is 11.8 Å². The van der Waals surface area contributed by atoms with Gasteiger partial charge in [0.15, 0.2) is 0 Å². The van der Waals surface area contributed by atoms with Gasteiger partial charge in [-0.05, 0) is 24.3 Å². The van der Waals surface area contributed by atoms with Gasteiger partial charge in [-0.15, -0.1) is 11.8 Å². The molecule has 1 aliphatic heterocycles. The highest BCUT2D eigenvalue weighted by Crippen LogP contribution is 2.19. The summed E-state index contributed by atoms with van der Waals surface area (Å²) in [6, 6.07) is 7.61. The van der Waals surface area contributed by atoms with Gasteiger partial charge in [0.25, 0.3) is 0 Å². The maximum absolute atomic E-state index is 11.8. The fourth-order valence-corrected chi connectivity index (χ4v) is 2.58. The third-order valence-electron chi connectivity index (χ3n) is 2.96. The molecule has 1 atom stereocenters. The number of hydrogen-bond acceptors (Lipinski definition) is 3. The molecule has 1 heterocycles. The van der Waals surface area contributed by atoms with E-state index in [0.717, 1.165) is 10.5 Å². The van der Waals surface area contributed by atoms with Crippen molar-refractivity contribution >= 4 is 23.6 Å². The van der Waals surface area contributed by atoms with Gasteiger partial charge in [-0.2, -0.15) is 0 Å². The summed E-state index contributed by atoms with van der Waals surface area (Å²) >= 11 is 1.66. The molecule has 2 amide bonds. The highest BCUT2D eigenvalue weighted by Gasteiger charge is 2.26. The van der Waals surface area contributed by atoms with E-state index in [2.05, 4.69) is 10.6 Å². The molecule has 2 rings (SSSR count). The van der Waals surface area contributed by atoms with Crippen molar-refractivity contribution in [2.45, 2.75) is 30.3 Å². The molecule has 0 saturated carbocycles. The largest absolute Gasteiger partial charge is 0.350 e. The van der Waals surface area contributed by atoms with Crippen LogP contribution in [0.5, 0.6) is 0 Å². The smallest absolute Gasteiger partial charge is 0.242 e. The lowest BCUT2D eigenvalue weighted by Gasteiger charge is -2.12. The number of thioether (sulfide) groups is 1. The molecule has 1 saturated heterocycles. The highest BCUT2D eigenvalue weighted by atomic mass is 32.2. The van der Waals surface area contributed by atoms with Crippen LogP contribution in [0.4, 0.5) is 0 Å². The number of carbonyl (C=O) groups is 2. The van der Waals surface area contributed by atoms with Gasteiger partial charge in [0.05, 0.1) is 0 Å². The zero-order chi connectivity index (χ0) is 13.0. The average molecular weight is 264 g/mol. The second-order valence-electron chi connectivity index (χ2n) is 4.19. The van der Waals surface area contributed by atoms with Crippen LogP contribution in [0.25, 0.3) is 0 Å². The fourth-order valence-electron chi connectivity index (χ4n) is 1.97. The number of benzene rings is 1. The van der Waals surface area contributed by atoms with Gasteiger partial charge in [-0.1, -0.05) is 18.2 Å². The van der Waals surface area contributed by atoms with Gasteiger partial charge < -0.3 is 10.6 Å². The van der Waals surface area contributed by atoms with Crippen LogP contribution >= 0.6 is 11.8 Å². The van der Waals surface area contributed by atoms with Crippen molar-refractivity contribution in [2.24, 2.45) is 0 Å². The molecule has 18 heavy (non-hydrogen) atoms. The minimum absolute atomic E-state index is 0.0420. The Morgan fingerprint density at radius 3 is 2.94 bits per heavy atom. The van der Waals surface area contributed by atoms with Crippen molar-refractivity contribution in [3.63, 3.8) is 0 Å². The van der Waals surface area contributed by atoms with Crippen LogP contribution < -0.4 is 10.6 Å². The third-order valence-corrected chi connectivity index (χ3v) is 3.80. The topological polar surface area (TPSA) is 58.2 Å². The minimum Gasteiger partial charge on any atom is -0.350 e. The Labute approximate surface area is 111 Å². The van der Waals surface area contributed by atoms with Crippen LogP contribution in [-0.2, 0) is 16.1 Å². The molecule has 1 aromatic rings. The second kappa shape index (κ2) is 5.91. The van der Waals surface area contributed by atoms with E-state index in [9.17, 15) is 9.59 Å². The standard InChI is InChI=1S/C13H16N2O2S/c1-18-11-5-3-2-4-9(11)8-14-13(17)10-6-7-12(16)15-10/h2-5,10H,6-8H2,1H3,(H,14,17)(H,15,16). The molecule has 1 aliphatic rings. The Morgan fingerprint density at radius 1 is 1.50 bits per heavy atom. The van der Waals surface area contributed by atoms with Crippen LogP contribution in [-0.4, -0.2) is 24.1 Å². The van der Waals surface area contributed by atoms with Crippen molar-refractivity contribution in [3.05, 3.63) is 29.8 Å². The summed E-state index contributed by atoms with van der Waals surface area (Å²) in [5.41, 5.74) is 1.10. The van der Waals surface area contributed by atoms with Crippen LogP contribution in [0, 0.1) is 0 Å². The average Bonchev–Trinajstić information content (AvgIpc) is 2.83. The maximum atomic E-state index is 11.8. The van der Waals surface area contributed by atoms with E-state index in [1.807, 2.05) is 30.5 Å². The molecule has 0 radical (unpaired) electrons. The monoisotopic (exact) mass is 264 g/mol. The maximum Gasteiger partial charge on any atom is 0.242 e. The van der Waals surface area contributed by atoms with Gasteiger partial charge in [0, 0.05) is 17.9 Å². The zero-order valence-corrected chi connectivity index (χ0v) is 11.0. The zero-order valence-electron chi connectivity index (χ0n) is 10.2. The summed E-state index contributed by atoms with van der Waals surface area (Å²) in [6.45, 7) is 0.502. The van der Waals surface area contributed by atoms with Crippen LogP contribution in [0.15, 0.2) is 29.2 Å². The molecule has 0 bridgehead atoms. The molecule has 0 aliphatic carbocycles. The lowest BCUT2D eigenvalue weighted by Crippen LogP contribution is -2.41. The lowest BCUT2D eigenvalue weighted by atomic mass is 10.2. The van der Waals surface area contributed by atoms with Crippen molar-refractivity contribution in [2.75, 3.05) is 6.26 Å². The Hall–Kier alpha value is -1.49. The highest BCUT2D eigenvalue weighted by molar-refractivity contribution is 7.98. The van der Waals surface area contributed by atoms with E-state index in [4.69, 9.17) is 0 Å². The minimum atomic E-state index is -0.362. The van der Waals surface area contributed by atoms with E-state index in [0.29, 0.717) is 19.4 Å². The molecule has 4 nitrogen and oxygen atoms in total. The Morgan fingerprint density at radius 2 is 2.28 bits per heavy atom. The molecule has 0 aromatic heterocycles. The molecule has 1 unspecified atom stereocenters. The number of carbonyl (C=O) groups excluding carboxylic acids is 2. The summed E-state index contributed by atoms with van der Waals surface area (Å²) in [6.07, 6.45) is 3.05. The predicted octanol–water partition coefficient (Wildman–Crippen LogP) is 1.30. The van der Waals surface area contributed by atoms with Crippen molar-refractivity contribution in [3.8, 4) is 0 Å². The number of amides is 2. The Bertz CT molecular complexity index is 462. The summed E-state index contributed by atoms with van der Waals surface area (Å²) in [4.78, 5) is 24.0. The number of hydrogen-bond donors (Lipinski definition) is 2. The summed E-state index contributed by atoms with van der Waals surface area (Å²) < 4.78 is 0. The molecular formula is C13H16N2O2S. The number of rotatable bonds is 4. The van der Waals surface area contributed by atoms with Gasteiger partial charge in [-0.3, -0.25) is 9.59 Å². The van der Waals surface area contributed by atoms with Crippen molar-refractivity contribution in [1.82, 2.24) is 10.6 Å². The fraction of sp³-hybridized carbons (Fsp3) is 0.385. The SMILES string of the molecule is CSc1ccccc1CNC(=O)C1CCC(=O)N1. The van der Waals surface area contributed by atoms with Gasteiger partial charge >= 0.3 is 0 Å². The first-order valence-electron chi connectivity index (χ1n) is 5.89. The quantitative estimate of drug-likeness (QED) is 0.806. The first-order valence-corrected chi connectivity index (χ1v) is 7.12. The van der Waals surface area contributed by atoms with Gasteiger partial charge in [-0.25, -0.2) is 0 Å². The summed E-state index contributed by atoms with van der Waals surface area (Å²) in [7, 11) is 0. The van der Waals surface area contributed by atoms with Crippen molar-refractivity contribution < 1.29 is 9.59 Å². The lowest BCUT2D eigenvalue weighted by molar-refractivity contribution is -0.125. The summed E-state index contributed by atoms with van der Waals surface area (Å²) in [5.74, 6) is -0.142. The van der Waals surface area contributed by atoms with Gasteiger partial charge in [0.1, 0.15) is 6.04 Å². The Kier molecular flexibility index (Phi) is 4.25. The molecular weight excluding hydrogens is 248 g/mol. The predicted molar refractivity (Wildman–Crippen MR) is 71.2 cm³/mol. The van der Waals surface area contributed by atoms with Crippen LogP contribution in [0.2, 0.25) is 0 Å². The molecule has 96 valence electrons. The Balaban J connectivity index is 1.91. The first kappa shape index (κ1) is 13.0. The molecule has 1 aromatic carbocycles. The number of nitrogens with one attached hydrogen (secondary N) is 2. The first-order chi connectivity index (χ1) is 8.70. The molecule has 0 spiro atoms. The van der Waals surface area contributed by atoms with E-state index in [-0.39, 0.29) is 17.9 Å². The van der Waals surface area contributed by atoms with E-state index in [1.54, 1.807) is 11.8 Å². The molecule has 1 fully saturated rings. The normalized spacial score (nSPS) is 18.5.